The van der Waals surface area contributed by atoms with Crippen LogP contribution in [0.15, 0.2) is 0 Å². The summed E-state index contributed by atoms with van der Waals surface area (Å²) >= 11 is 0. The lowest BCUT2D eigenvalue weighted by Crippen LogP contribution is -2.13. The average Bonchev–Trinajstić information content (AvgIpc) is 2.33. The SMILES string of the molecule is CCCCC(O)CCC(O)CCCCCC(C)C. The zero-order chi connectivity index (χ0) is 13.8. The summed E-state index contributed by atoms with van der Waals surface area (Å²) in [5.74, 6) is 0.795. The third-order valence-corrected chi connectivity index (χ3v) is 3.54. The second-order valence-electron chi connectivity index (χ2n) is 6.06. The molecule has 18 heavy (non-hydrogen) atoms. The van der Waals surface area contributed by atoms with Crippen molar-refractivity contribution in [3.63, 3.8) is 0 Å². The summed E-state index contributed by atoms with van der Waals surface area (Å²) in [5, 5.41) is 19.5. The van der Waals surface area contributed by atoms with E-state index in [0.29, 0.717) is 0 Å². The Bertz CT molecular complexity index is 168. The maximum Gasteiger partial charge on any atom is 0.0541 e. The number of hydrogen-bond acceptors (Lipinski definition) is 2. The molecular weight excluding hydrogens is 224 g/mol. The molecule has 0 aliphatic rings. The van der Waals surface area contributed by atoms with Gasteiger partial charge in [0.25, 0.3) is 0 Å². The van der Waals surface area contributed by atoms with E-state index in [0.717, 1.165) is 50.9 Å². The van der Waals surface area contributed by atoms with Crippen molar-refractivity contribution < 1.29 is 10.2 Å². The molecular formula is C16H34O2. The van der Waals surface area contributed by atoms with Crippen LogP contribution in [0.3, 0.4) is 0 Å². The molecule has 0 spiro atoms. The first kappa shape index (κ1) is 17.9. The van der Waals surface area contributed by atoms with Crippen molar-refractivity contribution >= 4 is 0 Å². The minimum Gasteiger partial charge on any atom is -0.393 e. The molecule has 0 radical (unpaired) electrons. The lowest BCUT2D eigenvalue weighted by molar-refractivity contribution is 0.101. The highest BCUT2D eigenvalue weighted by molar-refractivity contribution is 4.62. The molecule has 0 aliphatic heterocycles. The van der Waals surface area contributed by atoms with E-state index in [4.69, 9.17) is 0 Å². The highest BCUT2D eigenvalue weighted by atomic mass is 16.3. The van der Waals surface area contributed by atoms with Gasteiger partial charge in [-0.2, -0.15) is 0 Å². The molecule has 0 heterocycles. The third-order valence-electron chi connectivity index (χ3n) is 3.54. The van der Waals surface area contributed by atoms with Gasteiger partial charge >= 0.3 is 0 Å². The summed E-state index contributed by atoms with van der Waals surface area (Å²) in [7, 11) is 0. The predicted molar refractivity (Wildman–Crippen MR) is 78.7 cm³/mol. The lowest BCUT2D eigenvalue weighted by Gasteiger charge is -2.14. The van der Waals surface area contributed by atoms with Crippen molar-refractivity contribution in [2.24, 2.45) is 5.92 Å². The van der Waals surface area contributed by atoms with Crippen LogP contribution < -0.4 is 0 Å². The van der Waals surface area contributed by atoms with Crippen molar-refractivity contribution in [1.29, 1.82) is 0 Å². The van der Waals surface area contributed by atoms with Crippen molar-refractivity contribution in [2.75, 3.05) is 0 Å². The maximum atomic E-state index is 9.82. The van der Waals surface area contributed by atoms with Crippen LogP contribution in [0.1, 0.15) is 85.0 Å². The Hall–Kier alpha value is -0.0800. The van der Waals surface area contributed by atoms with Crippen LogP contribution in [0.25, 0.3) is 0 Å². The summed E-state index contributed by atoms with van der Waals surface area (Å²) < 4.78 is 0. The Balaban J connectivity index is 3.34. The Morgan fingerprint density at radius 2 is 1.17 bits per heavy atom. The van der Waals surface area contributed by atoms with Crippen LogP contribution in [0.5, 0.6) is 0 Å². The molecule has 0 saturated carbocycles. The molecule has 2 unspecified atom stereocenters. The number of rotatable bonds is 12. The van der Waals surface area contributed by atoms with Crippen molar-refractivity contribution in [3.8, 4) is 0 Å². The van der Waals surface area contributed by atoms with E-state index in [9.17, 15) is 10.2 Å². The largest absolute Gasteiger partial charge is 0.393 e. The van der Waals surface area contributed by atoms with Gasteiger partial charge in [-0.05, 0) is 31.6 Å². The normalized spacial score (nSPS) is 15.0. The molecule has 0 rings (SSSR count). The Kier molecular flexibility index (Phi) is 11.9. The first-order valence-corrected chi connectivity index (χ1v) is 7.92. The number of unbranched alkanes of at least 4 members (excludes halogenated alkanes) is 3. The second kappa shape index (κ2) is 12.0. The van der Waals surface area contributed by atoms with Gasteiger partial charge in [0, 0.05) is 0 Å². The monoisotopic (exact) mass is 258 g/mol. The molecule has 110 valence electrons. The molecule has 2 N–H and O–H groups in total. The van der Waals surface area contributed by atoms with Crippen LogP contribution in [0, 0.1) is 5.92 Å². The minimum atomic E-state index is -0.208. The zero-order valence-corrected chi connectivity index (χ0v) is 12.7. The fourth-order valence-corrected chi connectivity index (χ4v) is 2.22. The molecule has 0 aromatic carbocycles. The summed E-state index contributed by atoms with van der Waals surface area (Å²) in [6.45, 7) is 6.65. The van der Waals surface area contributed by atoms with E-state index in [1.165, 1.54) is 19.3 Å². The van der Waals surface area contributed by atoms with Gasteiger partial charge in [-0.3, -0.25) is 0 Å². The second-order valence-corrected chi connectivity index (χ2v) is 6.06. The molecule has 0 amide bonds. The third kappa shape index (κ3) is 12.4. The number of hydrogen-bond donors (Lipinski definition) is 2. The Labute approximate surface area is 114 Å². The van der Waals surface area contributed by atoms with E-state index in [1.807, 2.05) is 0 Å². The molecule has 2 atom stereocenters. The molecule has 0 aromatic rings. The molecule has 0 aromatic heterocycles. The summed E-state index contributed by atoms with van der Waals surface area (Å²) in [4.78, 5) is 0. The van der Waals surface area contributed by atoms with Crippen molar-refractivity contribution in [2.45, 2.75) is 97.2 Å². The number of aliphatic hydroxyl groups is 2. The van der Waals surface area contributed by atoms with Crippen molar-refractivity contribution in [1.82, 2.24) is 0 Å². The molecule has 0 bridgehead atoms. The molecule has 2 nitrogen and oxygen atoms in total. The van der Waals surface area contributed by atoms with Crippen LogP contribution in [0.2, 0.25) is 0 Å². The first-order chi connectivity index (χ1) is 8.56. The van der Waals surface area contributed by atoms with Gasteiger partial charge in [0.1, 0.15) is 0 Å². The first-order valence-electron chi connectivity index (χ1n) is 7.92. The Morgan fingerprint density at radius 1 is 0.667 bits per heavy atom. The smallest absolute Gasteiger partial charge is 0.0541 e. The number of aliphatic hydroxyl groups excluding tert-OH is 2. The molecule has 0 saturated heterocycles. The van der Waals surface area contributed by atoms with Gasteiger partial charge in [0.15, 0.2) is 0 Å². The minimum absolute atomic E-state index is 0.208. The standard InChI is InChI=1S/C16H34O2/c1-4-5-10-15(17)12-13-16(18)11-8-6-7-9-14(2)3/h14-18H,4-13H2,1-3H3. The van der Waals surface area contributed by atoms with Crippen molar-refractivity contribution in [3.05, 3.63) is 0 Å². The van der Waals surface area contributed by atoms with E-state index >= 15 is 0 Å². The molecule has 0 fully saturated rings. The average molecular weight is 258 g/mol. The topological polar surface area (TPSA) is 40.5 Å². The summed E-state index contributed by atoms with van der Waals surface area (Å²) in [6.07, 6.45) is 10.0. The highest BCUT2D eigenvalue weighted by Crippen LogP contribution is 2.14. The fraction of sp³-hybridized carbons (Fsp3) is 1.00. The summed E-state index contributed by atoms with van der Waals surface area (Å²) in [6, 6.07) is 0. The van der Waals surface area contributed by atoms with E-state index in [2.05, 4.69) is 20.8 Å². The van der Waals surface area contributed by atoms with Gasteiger partial charge in [-0.25, -0.2) is 0 Å². The lowest BCUT2D eigenvalue weighted by atomic mass is 10.00. The van der Waals surface area contributed by atoms with E-state index in [1.54, 1.807) is 0 Å². The van der Waals surface area contributed by atoms with Crippen LogP contribution in [-0.2, 0) is 0 Å². The summed E-state index contributed by atoms with van der Waals surface area (Å²) in [5.41, 5.74) is 0. The van der Waals surface area contributed by atoms with E-state index in [-0.39, 0.29) is 12.2 Å². The van der Waals surface area contributed by atoms with Crippen LogP contribution in [-0.4, -0.2) is 22.4 Å². The quantitative estimate of drug-likeness (QED) is 0.513. The van der Waals surface area contributed by atoms with Gasteiger partial charge in [-0.1, -0.05) is 59.3 Å². The maximum absolute atomic E-state index is 9.82. The van der Waals surface area contributed by atoms with Crippen LogP contribution >= 0.6 is 0 Å². The Morgan fingerprint density at radius 3 is 1.67 bits per heavy atom. The highest BCUT2D eigenvalue weighted by Gasteiger charge is 2.08. The van der Waals surface area contributed by atoms with Gasteiger partial charge in [0.2, 0.25) is 0 Å². The molecule has 0 aliphatic carbocycles. The van der Waals surface area contributed by atoms with Crippen LogP contribution in [0.4, 0.5) is 0 Å². The fourth-order valence-electron chi connectivity index (χ4n) is 2.22. The van der Waals surface area contributed by atoms with Gasteiger partial charge < -0.3 is 10.2 Å². The van der Waals surface area contributed by atoms with E-state index < -0.39 is 0 Å². The molecule has 2 heteroatoms. The van der Waals surface area contributed by atoms with Gasteiger partial charge in [0.05, 0.1) is 12.2 Å². The zero-order valence-electron chi connectivity index (χ0n) is 12.7. The predicted octanol–water partition coefficient (Wildman–Crippen LogP) is 4.29. The van der Waals surface area contributed by atoms with Gasteiger partial charge in [-0.15, -0.1) is 0 Å².